The van der Waals surface area contributed by atoms with E-state index in [0.717, 1.165) is 37.2 Å². The molecule has 0 aromatic heterocycles. The quantitative estimate of drug-likeness (QED) is 0.879. The standard InChI is InChI=1S/C19H26N4O2/c1-22(2)17(15-7-10-20-11-8-15)13-14-3-5-16(6-4-14)23-12-9-18(24)21-19(23)25/h3-6,13,15,20H,7-12H2,1-2H3,(H,21,24,25)/b17-13-. The summed E-state index contributed by atoms with van der Waals surface area (Å²) in [5.41, 5.74) is 3.28. The Morgan fingerprint density at radius 2 is 1.84 bits per heavy atom. The largest absolute Gasteiger partial charge is 0.381 e. The second-order valence-corrected chi connectivity index (χ2v) is 6.83. The van der Waals surface area contributed by atoms with Gasteiger partial charge in [0.15, 0.2) is 0 Å². The smallest absolute Gasteiger partial charge is 0.328 e. The van der Waals surface area contributed by atoms with E-state index in [0.29, 0.717) is 18.9 Å². The zero-order valence-corrected chi connectivity index (χ0v) is 14.9. The molecule has 2 saturated heterocycles. The maximum atomic E-state index is 11.9. The molecule has 0 radical (unpaired) electrons. The van der Waals surface area contributed by atoms with Gasteiger partial charge < -0.3 is 10.2 Å². The van der Waals surface area contributed by atoms with Crippen molar-refractivity contribution in [1.29, 1.82) is 0 Å². The lowest BCUT2D eigenvalue weighted by Gasteiger charge is -2.30. The monoisotopic (exact) mass is 342 g/mol. The van der Waals surface area contributed by atoms with E-state index >= 15 is 0 Å². The molecule has 0 spiro atoms. The highest BCUT2D eigenvalue weighted by Crippen LogP contribution is 2.26. The second-order valence-electron chi connectivity index (χ2n) is 6.83. The van der Waals surface area contributed by atoms with Crippen molar-refractivity contribution in [3.63, 3.8) is 0 Å². The summed E-state index contributed by atoms with van der Waals surface area (Å²) in [5.74, 6) is 0.369. The van der Waals surface area contributed by atoms with Crippen LogP contribution in [-0.4, -0.2) is 50.6 Å². The number of allylic oxidation sites excluding steroid dienone is 1. The van der Waals surface area contributed by atoms with Gasteiger partial charge in [-0.25, -0.2) is 4.79 Å². The van der Waals surface area contributed by atoms with Gasteiger partial charge >= 0.3 is 6.03 Å². The van der Waals surface area contributed by atoms with Crippen molar-refractivity contribution in [2.45, 2.75) is 19.3 Å². The molecular formula is C19H26N4O2. The van der Waals surface area contributed by atoms with Crippen molar-refractivity contribution >= 4 is 23.7 Å². The van der Waals surface area contributed by atoms with Crippen LogP contribution in [0.25, 0.3) is 6.08 Å². The summed E-state index contributed by atoms with van der Waals surface area (Å²) in [4.78, 5) is 27.0. The van der Waals surface area contributed by atoms with Crippen molar-refractivity contribution < 1.29 is 9.59 Å². The summed E-state index contributed by atoms with van der Waals surface area (Å²) in [6.45, 7) is 2.56. The van der Waals surface area contributed by atoms with Gasteiger partial charge in [0.1, 0.15) is 0 Å². The highest BCUT2D eigenvalue weighted by atomic mass is 16.2. The number of amides is 3. The lowest BCUT2D eigenvalue weighted by atomic mass is 9.92. The third kappa shape index (κ3) is 4.20. The van der Waals surface area contributed by atoms with Gasteiger partial charge in [0.2, 0.25) is 5.91 Å². The zero-order chi connectivity index (χ0) is 17.8. The minimum atomic E-state index is -0.344. The number of hydrogen-bond acceptors (Lipinski definition) is 4. The van der Waals surface area contributed by atoms with Gasteiger partial charge in [-0.1, -0.05) is 12.1 Å². The number of benzene rings is 1. The Kier molecular flexibility index (Phi) is 5.38. The van der Waals surface area contributed by atoms with Crippen LogP contribution < -0.4 is 15.5 Å². The van der Waals surface area contributed by atoms with Crippen molar-refractivity contribution in [2.75, 3.05) is 38.6 Å². The number of piperidine rings is 1. The number of imide groups is 1. The summed E-state index contributed by atoms with van der Waals surface area (Å²) >= 11 is 0. The van der Waals surface area contributed by atoms with E-state index in [4.69, 9.17) is 0 Å². The van der Waals surface area contributed by atoms with Gasteiger partial charge in [-0.05, 0) is 49.7 Å². The molecule has 1 aromatic rings. The maximum absolute atomic E-state index is 11.9. The third-order valence-electron chi connectivity index (χ3n) is 4.85. The number of carbonyl (C=O) groups is 2. The van der Waals surface area contributed by atoms with Crippen molar-refractivity contribution in [1.82, 2.24) is 15.5 Å². The second kappa shape index (κ2) is 7.70. The van der Waals surface area contributed by atoms with Crippen LogP contribution >= 0.6 is 0 Å². The number of carbonyl (C=O) groups excluding carboxylic acids is 2. The highest BCUT2D eigenvalue weighted by molar-refractivity contribution is 6.05. The molecule has 0 unspecified atom stereocenters. The topological polar surface area (TPSA) is 64.7 Å². The van der Waals surface area contributed by atoms with Gasteiger partial charge in [-0.2, -0.15) is 0 Å². The van der Waals surface area contributed by atoms with E-state index in [1.165, 1.54) is 5.70 Å². The van der Waals surface area contributed by atoms with Crippen molar-refractivity contribution in [3.05, 3.63) is 35.5 Å². The molecule has 6 heteroatoms. The third-order valence-corrected chi connectivity index (χ3v) is 4.85. The highest BCUT2D eigenvalue weighted by Gasteiger charge is 2.24. The fourth-order valence-electron chi connectivity index (χ4n) is 3.46. The van der Waals surface area contributed by atoms with E-state index in [1.54, 1.807) is 4.90 Å². The Bertz CT molecular complexity index is 661. The first kappa shape index (κ1) is 17.5. The predicted molar refractivity (Wildman–Crippen MR) is 99.2 cm³/mol. The SMILES string of the molecule is CN(C)/C(=C\c1ccc(N2CCC(=O)NC2=O)cc1)C1CCNCC1. The average molecular weight is 342 g/mol. The molecule has 0 atom stereocenters. The Morgan fingerprint density at radius 3 is 2.44 bits per heavy atom. The molecule has 3 amide bonds. The Hall–Kier alpha value is -2.34. The first-order valence-corrected chi connectivity index (χ1v) is 8.85. The average Bonchev–Trinajstić information content (AvgIpc) is 2.61. The fraction of sp³-hybridized carbons (Fsp3) is 0.474. The van der Waals surface area contributed by atoms with Crippen molar-refractivity contribution in [3.8, 4) is 0 Å². The van der Waals surface area contributed by atoms with Crippen LogP contribution in [-0.2, 0) is 4.79 Å². The number of urea groups is 1. The molecule has 1 aromatic carbocycles. The minimum absolute atomic E-state index is 0.210. The normalized spacial score (nSPS) is 19.8. The lowest BCUT2D eigenvalue weighted by molar-refractivity contribution is -0.120. The Morgan fingerprint density at radius 1 is 1.16 bits per heavy atom. The van der Waals surface area contributed by atoms with Gasteiger partial charge in [0.25, 0.3) is 0 Å². The number of hydrogen-bond donors (Lipinski definition) is 2. The summed E-state index contributed by atoms with van der Waals surface area (Å²) in [7, 11) is 4.19. The van der Waals surface area contributed by atoms with E-state index < -0.39 is 0 Å². The summed E-state index contributed by atoms with van der Waals surface area (Å²) in [5, 5.41) is 5.77. The van der Waals surface area contributed by atoms with Crippen molar-refractivity contribution in [2.24, 2.45) is 5.92 Å². The van der Waals surface area contributed by atoms with Crippen LogP contribution in [0.15, 0.2) is 30.0 Å². The molecule has 2 N–H and O–H groups in total. The van der Waals surface area contributed by atoms with E-state index in [2.05, 4.69) is 35.7 Å². The number of rotatable bonds is 4. The van der Waals surface area contributed by atoms with Crippen LogP contribution in [0.2, 0.25) is 0 Å². The van der Waals surface area contributed by atoms with Crippen LogP contribution in [0.3, 0.4) is 0 Å². The predicted octanol–water partition coefficient (Wildman–Crippen LogP) is 2.03. The number of nitrogens with zero attached hydrogens (tertiary/aromatic N) is 2. The first-order valence-electron chi connectivity index (χ1n) is 8.85. The molecule has 6 nitrogen and oxygen atoms in total. The van der Waals surface area contributed by atoms with Gasteiger partial charge in [0.05, 0.1) is 0 Å². The van der Waals surface area contributed by atoms with Crippen LogP contribution in [0.5, 0.6) is 0 Å². The molecule has 0 bridgehead atoms. The molecule has 134 valence electrons. The number of anilines is 1. The zero-order valence-electron chi connectivity index (χ0n) is 14.9. The van der Waals surface area contributed by atoms with Gasteiger partial charge in [-0.3, -0.25) is 15.0 Å². The Labute approximate surface area is 148 Å². The summed E-state index contributed by atoms with van der Waals surface area (Å²) in [6.07, 6.45) is 4.89. The van der Waals surface area contributed by atoms with Crippen LogP contribution in [0.1, 0.15) is 24.8 Å². The molecule has 0 aliphatic carbocycles. The number of nitrogens with one attached hydrogen (secondary N) is 2. The van der Waals surface area contributed by atoms with E-state index in [1.807, 2.05) is 24.3 Å². The van der Waals surface area contributed by atoms with Crippen LogP contribution in [0.4, 0.5) is 10.5 Å². The Balaban J connectivity index is 1.76. The fourth-order valence-corrected chi connectivity index (χ4v) is 3.46. The summed E-state index contributed by atoms with van der Waals surface area (Å²) < 4.78 is 0. The molecule has 2 aliphatic heterocycles. The van der Waals surface area contributed by atoms with Gasteiger partial charge in [-0.15, -0.1) is 0 Å². The first-order chi connectivity index (χ1) is 12.0. The van der Waals surface area contributed by atoms with E-state index in [9.17, 15) is 9.59 Å². The molecule has 3 rings (SSSR count). The molecule has 2 fully saturated rings. The minimum Gasteiger partial charge on any atom is -0.381 e. The summed E-state index contributed by atoms with van der Waals surface area (Å²) in [6, 6.07) is 7.60. The molecule has 25 heavy (non-hydrogen) atoms. The van der Waals surface area contributed by atoms with E-state index in [-0.39, 0.29) is 11.9 Å². The van der Waals surface area contributed by atoms with Crippen LogP contribution in [0, 0.1) is 5.92 Å². The molecule has 2 heterocycles. The lowest BCUT2D eigenvalue weighted by Crippen LogP contribution is -2.49. The molecular weight excluding hydrogens is 316 g/mol. The molecule has 0 saturated carbocycles. The van der Waals surface area contributed by atoms with Gasteiger partial charge in [0, 0.05) is 44.4 Å². The maximum Gasteiger partial charge on any atom is 0.328 e. The molecule has 2 aliphatic rings.